The van der Waals surface area contributed by atoms with Crippen molar-refractivity contribution < 1.29 is 14.3 Å². The summed E-state index contributed by atoms with van der Waals surface area (Å²) in [4.78, 5) is 15.3. The highest BCUT2D eigenvalue weighted by atomic mass is 19.1. The molecule has 0 radical (unpaired) electrons. The third-order valence-electron chi connectivity index (χ3n) is 2.99. The molecule has 0 saturated carbocycles. The minimum absolute atomic E-state index is 0.246. The summed E-state index contributed by atoms with van der Waals surface area (Å²) in [7, 11) is 1.88. The maximum Gasteiger partial charge on any atom is 0.340 e. The van der Waals surface area contributed by atoms with Crippen LogP contribution in [0.4, 0.5) is 15.8 Å². The van der Waals surface area contributed by atoms with Gasteiger partial charge in [0, 0.05) is 32.4 Å². The number of imidazole rings is 1. The van der Waals surface area contributed by atoms with Gasteiger partial charge in [0.2, 0.25) is 0 Å². The van der Waals surface area contributed by atoms with Gasteiger partial charge in [0.1, 0.15) is 17.2 Å². The predicted octanol–water partition coefficient (Wildman–Crippen LogP) is 1.49. The SMILES string of the molecule is Cn1ccnc1CCNc1ccc(F)c(N)c1C(=O)O. The number of aryl methyl sites for hydroxylation is 1. The van der Waals surface area contributed by atoms with Gasteiger partial charge >= 0.3 is 5.97 Å². The second kappa shape index (κ2) is 5.60. The second-order valence-corrected chi connectivity index (χ2v) is 4.32. The number of nitrogens with two attached hydrogens (primary N) is 1. The fourth-order valence-electron chi connectivity index (χ4n) is 1.92. The molecule has 1 heterocycles. The van der Waals surface area contributed by atoms with Crippen molar-refractivity contribution in [3.05, 3.63) is 41.7 Å². The van der Waals surface area contributed by atoms with Crippen LogP contribution in [0.25, 0.3) is 0 Å². The Bertz CT molecular complexity index is 639. The van der Waals surface area contributed by atoms with Crippen LogP contribution in [0, 0.1) is 5.82 Å². The molecule has 1 aromatic heterocycles. The molecule has 0 saturated heterocycles. The molecule has 0 fully saturated rings. The van der Waals surface area contributed by atoms with Gasteiger partial charge in [-0.05, 0) is 12.1 Å². The summed E-state index contributed by atoms with van der Waals surface area (Å²) >= 11 is 0. The van der Waals surface area contributed by atoms with Crippen LogP contribution in [0.2, 0.25) is 0 Å². The zero-order valence-corrected chi connectivity index (χ0v) is 10.9. The molecule has 2 rings (SSSR count). The molecule has 6 nitrogen and oxygen atoms in total. The van der Waals surface area contributed by atoms with Crippen molar-refractivity contribution in [3.8, 4) is 0 Å². The smallest absolute Gasteiger partial charge is 0.340 e. The molecular formula is C13H15FN4O2. The van der Waals surface area contributed by atoms with Crippen molar-refractivity contribution in [1.29, 1.82) is 0 Å². The molecule has 0 bridgehead atoms. The minimum Gasteiger partial charge on any atom is -0.478 e. The lowest BCUT2D eigenvalue weighted by Crippen LogP contribution is -2.13. The number of benzene rings is 1. The van der Waals surface area contributed by atoms with Crippen LogP contribution in [0.3, 0.4) is 0 Å². The normalized spacial score (nSPS) is 10.5. The number of anilines is 2. The molecule has 7 heteroatoms. The number of halogens is 1. The van der Waals surface area contributed by atoms with Crippen molar-refractivity contribution in [2.45, 2.75) is 6.42 Å². The van der Waals surface area contributed by atoms with E-state index in [0.717, 1.165) is 11.9 Å². The lowest BCUT2D eigenvalue weighted by Gasteiger charge is -2.12. The average Bonchev–Trinajstić information content (AvgIpc) is 2.79. The van der Waals surface area contributed by atoms with Gasteiger partial charge in [0.05, 0.1) is 11.4 Å². The van der Waals surface area contributed by atoms with Crippen molar-refractivity contribution >= 4 is 17.3 Å². The number of nitrogen functional groups attached to an aromatic ring is 1. The first kappa shape index (κ1) is 13.9. The van der Waals surface area contributed by atoms with E-state index in [9.17, 15) is 9.18 Å². The number of aromatic carboxylic acids is 1. The van der Waals surface area contributed by atoms with Crippen LogP contribution in [-0.2, 0) is 13.5 Å². The highest BCUT2D eigenvalue weighted by molar-refractivity contribution is 6.00. The number of nitrogens with one attached hydrogen (secondary N) is 1. The fourth-order valence-corrected chi connectivity index (χ4v) is 1.92. The molecule has 0 amide bonds. The molecule has 0 aliphatic heterocycles. The zero-order valence-electron chi connectivity index (χ0n) is 10.9. The third kappa shape index (κ3) is 2.71. The third-order valence-corrected chi connectivity index (χ3v) is 2.99. The Morgan fingerprint density at radius 1 is 1.55 bits per heavy atom. The van der Waals surface area contributed by atoms with E-state index in [1.807, 2.05) is 17.8 Å². The van der Waals surface area contributed by atoms with Crippen LogP contribution >= 0.6 is 0 Å². The summed E-state index contributed by atoms with van der Waals surface area (Å²) in [6, 6.07) is 2.51. The average molecular weight is 278 g/mol. The monoisotopic (exact) mass is 278 g/mol. The van der Waals surface area contributed by atoms with E-state index in [-0.39, 0.29) is 11.3 Å². The standard InChI is InChI=1S/C13H15FN4O2/c1-18-7-6-17-10(18)4-5-16-9-3-2-8(14)12(15)11(9)13(19)20/h2-3,6-7,16H,4-5,15H2,1H3,(H,19,20). The first-order chi connectivity index (χ1) is 9.50. The van der Waals surface area contributed by atoms with E-state index in [1.165, 1.54) is 6.07 Å². The van der Waals surface area contributed by atoms with E-state index in [0.29, 0.717) is 18.7 Å². The number of hydrogen-bond acceptors (Lipinski definition) is 4. The summed E-state index contributed by atoms with van der Waals surface area (Å²) in [6.07, 6.45) is 4.13. The molecule has 0 aliphatic rings. The Labute approximate surface area is 115 Å². The number of carboxylic acid groups (broad SMARTS) is 1. The molecule has 4 N–H and O–H groups in total. The molecule has 106 valence electrons. The van der Waals surface area contributed by atoms with Crippen molar-refractivity contribution in [2.75, 3.05) is 17.6 Å². The summed E-state index contributed by atoms with van der Waals surface area (Å²) in [6.45, 7) is 0.468. The highest BCUT2D eigenvalue weighted by Gasteiger charge is 2.17. The molecule has 0 atom stereocenters. The fraction of sp³-hybridized carbons (Fsp3) is 0.231. The molecule has 0 unspecified atom stereocenters. The maximum absolute atomic E-state index is 13.3. The van der Waals surface area contributed by atoms with Crippen molar-refractivity contribution in [1.82, 2.24) is 9.55 Å². The Balaban J connectivity index is 2.12. The molecule has 0 spiro atoms. The first-order valence-electron chi connectivity index (χ1n) is 6.02. The summed E-state index contributed by atoms with van der Waals surface area (Å²) in [5.41, 5.74) is 5.15. The van der Waals surface area contributed by atoms with E-state index >= 15 is 0 Å². The van der Waals surface area contributed by atoms with Crippen LogP contribution in [0.1, 0.15) is 16.2 Å². The summed E-state index contributed by atoms with van der Waals surface area (Å²) in [5, 5.41) is 12.0. The number of hydrogen-bond donors (Lipinski definition) is 3. The molecule has 20 heavy (non-hydrogen) atoms. The van der Waals surface area contributed by atoms with Gasteiger partial charge < -0.3 is 20.7 Å². The van der Waals surface area contributed by atoms with Gasteiger partial charge in [0.15, 0.2) is 0 Å². The van der Waals surface area contributed by atoms with Gasteiger partial charge in [-0.2, -0.15) is 0 Å². The van der Waals surface area contributed by atoms with E-state index in [1.54, 1.807) is 6.20 Å². The predicted molar refractivity (Wildman–Crippen MR) is 73.2 cm³/mol. The highest BCUT2D eigenvalue weighted by Crippen LogP contribution is 2.25. The van der Waals surface area contributed by atoms with Gasteiger partial charge in [-0.25, -0.2) is 14.2 Å². The Morgan fingerprint density at radius 3 is 2.90 bits per heavy atom. The van der Waals surface area contributed by atoms with Gasteiger partial charge in [-0.15, -0.1) is 0 Å². The molecular weight excluding hydrogens is 263 g/mol. The van der Waals surface area contributed by atoms with Crippen LogP contribution in [-0.4, -0.2) is 27.2 Å². The summed E-state index contributed by atoms with van der Waals surface area (Å²) in [5.74, 6) is -1.14. The topological polar surface area (TPSA) is 93.2 Å². The van der Waals surface area contributed by atoms with E-state index < -0.39 is 11.8 Å². The number of carboxylic acids is 1. The molecule has 0 aliphatic carbocycles. The zero-order chi connectivity index (χ0) is 14.7. The van der Waals surface area contributed by atoms with Gasteiger partial charge in [-0.1, -0.05) is 0 Å². The number of nitrogens with zero attached hydrogens (tertiary/aromatic N) is 2. The van der Waals surface area contributed by atoms with E-state index in [2.05, 4.69) is 10.3 Å². The summed E-state index contributed by atoms with van der Waals surface area (Å²) < 4.78 is 15.2. The quantitative estimate of drug-likeness (QED) is 0.721. The lowest BCUT2D eigenvalue weighted by atomic mass is 10.1. The van der Waals surface area contributed by atoms with Gasteiger partial charge in [0.25, 0.3) is 0 Å². The minimum atomic E-state index is -1.26. The maximum atomic E-state index is 13.3. The van der Waals surface area contributed by atoms with Crippen LogP contribution < -0.4 is 11.1 Å². The number of rotatable bonds is 5. The van der Waals surface area contributed by atoms with Crippen molar-refractivity contribution in [3.63, 3.8) is 0 Å². The van der Waals surface area contributed by atoms with Crippen LogP contribution in [0.5, 0.6) is 0 Å². The number of aromatic nitrogens is 2. The lowest BCUT2D eigenvalue weighted by molar-refractivity contribution is 0.0698. The largest absolute Gasteiger partial charge is 0.478 e. The van der Waals surface area contributed by atoms with Crippen LogP contribution in [0.15, 0.2) is 24.5 Å². The Kier molecular flexibility index (Phi) is 3.88. The Hall–Kier alpha value is -2.57. The molecule has 2 aromatic rings. The first-order valence-corrected chi connectivity index (χ1v) is 6.02. The molecule has 1 aromatic carbocycles. The second-order valence-electron chi connectivity index (χ2n) is 4.32. The van der Waals surface area contributed by atoms with Gasteiger partial charge in [-0.3, -0.25) is 0 Å². The van der Waals surface area contributed by atoms with E-state index in [4.69, 9.17) is 10.8 Å². The Morgan fingerprint density at radius 2 is 2.30 bits per heavy atom. The van der Waals surface area contributed by atoms with Crippen molar-refractivity contribution in [2.24, 2.45) is 7.05 Å². The number of carbonyl (C=O) groups is 1.